The van der Waals surface area contributed by atoms with Gasteiger partial charge in [-0.05, 0) is 52.2 Å². The van der Waals surface area contributed by atoms with Crippen LogP contribution in [0.25, 0.3) is 0 Å². The summed E-state index contributed by atoms with van der Waals surface area (Å²) in [5.41, 5.74) is 0.940. The van der Waals surface area contributed by atoms with E-state index in [2.05, 4.69) is 29.0 Å². The van der Waals surface area contributed by atoms with Crippen molar-refractivity contribution in [2.24, 2.45) is 5.92 Å². The SMILES string of the molecule is C[C@@H]1CC[C@H](C)N1[C@@H](C)C(=O)NC[C@H](CO)Cc1ccccn1. The summed E-state index contributed by atoms with van der Waals surface area (Å²) < 4.78 is 0. The Morgan fingerprint density at radius 2 is 2.09 bits per heavy atom. The number of carbonyl (C=O) groups excluding carboxylic acids is 1. The molecule has 0 radical (unpaired) electrons. The largest absolute Gasteiger partial charge is 0.396 e. The highest BCUT2D eigenvalue weighted by Gasteiger charge is 2.34. The van der Waals surface area contributed by atoms with Crippen molar-refractivity contribution in [2.45, 2.75) is 58.2 Å². The highest BCUT2D eigenvalue weighted by molar-refractivity contribution is 5.81. The standard InChI is InChI=1S/C18H29N3O2/c1-13-7-8-14(2)21(13)15(3)18(23)20-11-16(12-22)10-17-6-4-5-9-19-17/h4-6,9,13-16,22H,7-8,10-12H2,1-3H3,(H,20,23)/t13-,14+,15-,16+/m0/s1. The lowest BCUT2D eigenvalue weighted by molar-refractivity contribution is -0.127. The van der Waals surface area contributed by atoms with Crippen LogP contribution in [0.1, 0.15) is 39.3 Å². The summed E-state index contributed by atoms with van der Waals surface area (Å²) >= 11 is 0. The number of rotatable bonds is 7. The van der Waals surface area contributed by atoms with Crippen molar-refractivity contribution in [1.29, 1.82) is 0 Å². The average molecular weight is 319 g/mol. The number of aliphatic hydroxyl groups excluding tert-OH is 1. The van der Waals surface area contributed by atoms with E-state index in [0.29, 0.717) is 25.0 Å². The molecule has 4 atom stereocenters. The topological polar surface area (TPSA) is 65.5 Å². The van der Waals surface area contributed by atoms with E-state index in [1.165, 1.54) is 0 Å². The number of pyridine rings is 1. The smallest absolute Gasteiger partial charge is 0.237 e. The van der Waals surface area contributed by atoms with E-state index in [-0.39, 0.29) is 24.5 Å². The van der Waals surface area contributed by atoms with Crippen LogP contribution in [0, 0.1) is 5.92 Å². The maximum atomic E-state index is 12.4. The van der Waals surface area contributed by atoms with Crippen molar-refractivity contribution in [3.05, 3.63) is 30.1 Å². The van der Waals surface area contributed by atoms with E-state index in [1.807, 2.05) is 25.1 Å². The van der Waals surface area contributed by atoms with Crippen LogP contribution in [0.3, 0.4) is 0 Å². The van der Waals surface area contributed by atoms with Crippen LogP contribution >= 0.6 is 0 Å². The van der Waals surface area contributed by atoms with Gasteiger partial charge < -0.3 is 10.4 Å². The van der Waals surface area contributed by atoms with Gasteiger partial charge in [0.1, 0.15) is 0 Å². The maximum Gasteiger partial charge on any atom is 0.237 e. The highest BCUT2D eigenvalue weighted by atomic mass is 16.3. The predicted molar refractivity (Wildman–Crippen MR) is 91.0 cm³/mol. The van der Waals surface area contributed by atoms with Gasteiger partial charge in [-0.2, -0.15) is 0 Å². The third kappa shape index (κ3) is 4.75. The van der Waals surface area contributed by atoms with Crippen LogP contribution in [0.2, 0.25) is 0 Å². The van der Waals surface area contributed by atoms with E-state index < -0.39 is 0 Å². The van der Waals surface area contributed by atoms with Gasteiger partial charge in [-0.3, -0.25) is 14.7 Å². The molecule has 2 rings (SSSR count). The number of aliphatic hydroxyl groups is 1. The number of nitrogens with zero attached hydrogens (tertiary/aromatic N) is 2. The zero-order valence-corrected chi connectivity index (χ0v) is 14.4. The molecule has 128 valence electrons. The Balaban J connectivity index is 1.84. The quantitative estimate of drug-likeness (QED) is 0.801. The van der Waals surface area contributed by atoms with Crippen molar-refractivity contribution in [2.75, 3.05) is 13.2 Å². The molecular weight excluding hydrogens is 290 g/mol. The fourth-order valence-corrected chi connectivity index (χ4v) is 3.52. The van der Waals surface area contributed by atoms with Gasteiger partial charge in [-0.25, -0.2) is 0 Å². The first-order valence-electron chi connectivity index (χ1n) is 8.58. The molecule has 1 aliphatic heterocycles. The number of amides is 1. The summed E-state index contributed by atoms with van der Waals surface area (Å²) in [5.74, 6) is 0.0412. The van der Waals surface area contributed by atoms with Crippen LogP contribution in [-0.2, 0) is 11.2 Å². The maximum absolute atomic E-state index is 12.4. The summed E-state index contributed by atoms with van der Waals surface area (Å²) in [6.45, 7) is 6.87. The third-order valence-corrected chi connectivity index (χ3v) is 4.89. The molecule has 0 aromatic carbocycles. The molecule has 5 nitrogen and oxygen atoms in total. The van der Waals surface area contributed by atoms with Gasteiger partial charge in [0.2, 0.25) is 5.91 Å². The fourth-order valence-electron chi connectivity index (χ4n) is 3.52. The highest BCUT2D eigenvalue weighted by Crippen LogP contribution is 2.25. The van der Waals surface area contributed by atoms with Crippen molar-refractivity contribution in [3.8, 4) is 0 Å². The zero-order chi connectivity index (χ0) is 16.8. The number of hydrogen-bond donors (Lipinski definition) is 2. The van der Waals surface area contributed by atoms with E-state index in [4.69, 9.17) is 0 Å². The Kier molecular flexibility index (Phi) is 6.54. The molecule has 0 saturated carbocycles. The summed E-state index contributed by atoms with van der Waals surface area (Å²) in [4.78, 5) is 19.0. The zero-order valence-electron chi connectivity index (χ0n) is 14.4. The summed E-state index contributed by atoms with van der Waals surface area (Å²) in [5, 5.41) is 12.5. The molecule has 1 saturated heterocycles. The lowest BCUT2D eigenvalue weighted by atomic mass is 10.0. The number of nitrogens with one attached hydrogen (secondary N) is 1. The van der Waals surface area contributed by atoms with E-state index in [1.54, 1.807) is 6.20 Å². The number of hydrogen-bond acceptors (Lipinski definition) is 4. The van der Waals surface area contributed by atoms with Gasteiger partial charge >= 0.3 is 0 Å². The number of likely N-dealkylation sites (tertiary alicyclic amines) is 1. The first-order chi connectivity index (χ1) is 11.0. The first kappa shape index (κ1) is 17.9. The Morgan fingerprint density at radius 1 is 1.39 bits per heavy atom. The van der Waals surface area contributed by atoms with Crippen molar-refractivity contribution < 1.29 is 9.90 Å². The molecule has 0 bridgehead atoms. The van der Waals surface area contributed by atoms with Gasteiger partial charge in [0, 0.05) is 43.0 Å². The average Bonchev–Trinajstić information content (AvgIpc) is 2.90. The molecule has 0 aliphatic carbocycles. The lowest BCUT2D eigenvalue weighted by Crippen LogP contribution is -2.50. The second kappa shape index (κ2) is 8.41. The van der Waals surface area contributed by atoms with Gasteiger partial charge in [-0.15, -0.1) is 0 Å². The van der Waals surface area contributed by atoms with Crippen molar-refractivity contribution in [1.82, 2.24) is 15.2 Å². The molecule has 2 N–H and O–H groups in total. The van der Waals surface area contributed by atoms with Crippen LogP contribution in [0.4, 0.5) is 0 Å². The van der Waals surface area contributed by atoms with Crippen LogP contribution < -0.4 is 5.32 Å². The summed E-state index contributed by atoms with van der Waals surface area (Å²) in [7, 11) is 0. The van der Waals surface area contributed by atoms with Crippen LogP contribution in [0.5, 0.6) is 0 Å². The number of aromatic nitrogens is 1. The van der Waals surface area contributed by atoms with E-state index >= 15 is 0 Å². The van der Waals surface area contributed by atoms with E-state index in [0.717, 1.165) is 18.5 Å². The van der Waals surface area contributed by atoms with Gasteiger partial charge in [0.05, 0.1) is 6.04 Å². The normalized spacial score (nSPS) is 24.3. The Hall–Kier alpha value is -1.46. The van der Waals surface area contributed by atoms with E-state index in [9.17, 15) is 9.90 Å². The van der Waals surface area contributed by atoms with Crippen LogP contribution in [-0.4, -0.2) is 52.2 Å². The summed E-state index contributed by atoms with van der Waals surface area (Å²) in [6, 6.07) is 6.53. The van der Waals surface area contributed by atoms with Gasteiger partial charge in [-0.1, -0.05) is 6.07 Å². The molecule has 0 unspecified atom stereocenters. The molecule has 5 heteroatoms. The third-order valence-electron chi connectivity index (χ3n) is 4.89. The minimum atomic E-state index is -0.128. The minimum absolute atomic E-state index is 0.00512. The molecular formula is C18H29N3O2. The number of carbonyl (C=O) groups is 1. The second-order valence-corrected chi connectivity index (χ2v) is 6.72. The lowest BCUT2D eigenvalue weighted by Gasteiger charge is -2.31. The van der Waals surface area contributed by atoms with Crippen molar-refractivity contribution in [3.63, 3.8) is 0 Å². The monoisotopic (exact) mass is 319 g/mol. The molecule has 1 aliphatic rings. The molecule has 23 heavy (non-hydrogen) atoms. The fraction of sp³-hybridized carbons (Fsp3) is 0.667. The second-order valence-electron chi connectivity index (χ2n) is 6.72. The Bertz CT molecular complexity index is 484. The van der Waals surface area contributed by atoms with Crippen molar-refractivity contribution >= 4 is 5.91 Å². The minimum Gasteiger partial charge on any atom is -0.396 e. The molecule has 1 aromatic heterocycles. The van der Waals surface area contributed by atoms with Crippen LogP contribution in [0.15, 0.2) is 24.4 Å². The molecule has 1 amide bonds. The van der Waals surface area contributed by atoms with Gasteiger partial charge in [0.25, 0.3) is 0 Å². The molecule has 1 fully saturated rings. The Morgan fingerprint density at radius 3 is 2.65 bits per heavy atom. The molecule has 1 aromatic rings. The first-order valence-corrected chi connectivity index (χ1v) is 8.58. The molecule has 2 heterocycles. The predicted octanol–water partition coefficient (Wildman–Crippen LogP) is 1.61. The molecule has 0 spiro atoms. The van der Waals surface area contributed by atoms with Gasteiger partial charge in [0.15, 0.2) is 0 Å². The summed E-state index contributed by atoms with van der Waals surface area (Å²) in [6.07, 6.45) is 4.72. The Labute approximate surface area is 139 Å².